The van der Waals surface area contributed by atoms with Crippen LogP contribution in [0.2, 0.25) is 0 Å². The number of aliphatic hydroxyl groups is 1. The quantitative estimate of drug-likeness (QED) is 0.594. The molecule has 0 amide bonds. The lowest BCUT2D eigenvalue weighted by Gasteiger charge is -2.34. The highest BCUT2D eigenvalue weighted by molar-refractivity contribution is 6.02. The van der Waals surface area contributed by atoms with Crippen LogP contribution in [-0.4, -0.2) is 23.3 Å². The van der Waals surface area contributed by atoms with E-state index >= 15 is 0 Å². The molecule has 0 radical (unpaired) electrons. The minimum atomic E-state index is -1.37. The summed E-state index contributed by atoms with van der Waals surface area (Å²) in [6.07, 6.45) is 6.27. The van der Waals surface area contributed by atoms with E-state index in [-0.39, 0.29) is 5.78 Å². The van der Waals surface area contributed by atoms with Crippen LogP contribution in [0, 0.1) is 0 Å². The van der Waals surface area contributed by atoms with E-state index in [1.807, 2.05) is 0 Å². The average Bonchev–Trinajstić information content (AvgIpc) is 2.07. The number of fused-ring (bicyclic) bond motifs is 1. The van der Waals surface area contributed by atoms with Gasteiger partial charge in [0.25, 0.3) is 0 Å². The van der Waals surface area contributed by atoms with Gasteiger partial charge in [-0.05, 0) is 24.6 Å². The Hall–Kier alpha value is -1.19. The third kappa shape index (κ3) is 1.17. The van der Waals surface area contributed by atoms with Crippen molar-refractivity contribution < 1.29 is 14.6 Å². The monoisotopic (exact) mass is 178 g/mol. The molecule has 0 saturated heterocycles. The molecule has 0 bridgehead atoms. The minimum Gasteiger partial charge on any atom is -0.358 e. The van der Waals surface area contributed by atoms with Crippen molar-refractivity contribution in [1.29, 1.82) is 0 Å². The smallest absolute Gasteiger partial charge is 0.216 e. The minimum absolute atomic E-state index is 0.104. The summed E-state index contributed by atoms with van der Waals surface area (Å²) >= 11 is 0. The number of hydrogen-bond donors (Lipinski definition) is 1. The van der Waals surface area contributed by atoms with Crippen LogP contribution in [-0.2, 0) is 9.53 Å². The van der Waals surface area contributed by atoms with Crippen LogP contribution in [0.3, 0.4) is 0 Å². The van der Waals surface area contributed by atoms with Crippen LogP contribution in [0.4, 0.5) is 0 Å². The molecule has 1 N–H and O–H groups in total. The molecule has 1 aliphatic carbocycles. The maximum absolute atomic E-state index is 11.1. The Balaban J connectivity index is 2.51. The molecule has 0 spiro atoms. The Morgan fingerprint density at radius 1 is 1.54 bits per heavy atom. The molecule has 68 valence electrons. The van der Waals surface area contributed by atoms with Crippen LogP contribution in [0.15, 0.2) is 35.5 Å². The van der Waals surface area contributed by atoms with Gasteiger partial charge in [0.15, 0.2) is 5.78 Å². The zero-order valence-electron chi connectivity index (χ0n) is 7.28. The predicted molar refractivity (Wildman–Crippen MR) is 46.9 cm³/mol. The number of rotatable bonds is 0. The lowest BCUT2D eigenvalue weighted by molar-refractivity contribution is -0.142. The first-order valence-corrected chi connectivity index (χ1v) is 4.11. The molecule has 2 rings (SSSR count). The van der Waals surface area contributed by atoms with Crippen LogP contribution in [0.1, 0.15) is 6.92 Å². The van der Waals surface area contributed by atoms with Gasteiger partial charge in [-0.25, -0.2) is 0 Å². The van der Waals surface area contributed by atoms with Crippen molar-refractivity contribution in [3.8, 4) is 0 Å². The summed E-state index contributed by atoms with van der Waals surface area (Å²) in [5.74, 6) is -1.48. The van der Waals surface area contributed by atoms with Crippen molar-refractivity contribution in [2.75, 3.05) is 6.61 Å². The average molecular weight is 178 g/mol. The molecule has 3 heteroatoms. The standard InChI is InChI=1S/C10H10O3/c1-7-5-9(11)6-8-3-2-4-13-10(7,8)12/h2-3,5-6,12H,4H2,1H3. The number of hydrogen-bond acceptors (Lipinski definition) is 3. The first-order chi connectivity index (χ1) is 6.13. The highest BCUT2D eigenvalue weighted by Gasteiger charge is 2.38. The van der Waals surface area contributed by atoms with E-state index in [0.717, 1.165) is 0 Å². The summed E-state index contributed by atoms with van der Waals surface area (Å²) in [5.41, 5.74) is 1.06. The number of carbonyl (C=O) groups is 1. The van der Waals surface area contributed by atoms with Gasteiger partial charge in [0.1, 0.15) is 0 Å². The highest BCUT2D eigenvalue weighted by Crippen LogP contribution is 2.33. The van der Waals surface area contributed by atoms with Crippen LogP contribution >= 0.6 is 0 Å². The zero-order valence-corrected chi connectivity index (χ0v) is 7.28. The summed E-state index contributed by atoms with van der Waals surface area (Å²) in [6, 6.07) is 0. The number of allylic oxidation sites excluding steroid dienone is 2. The number of ether oxygens (including phenoxy) is 1. The van der Waals surface area contributed by atoms with Crippen LogP contribution in [0.5, 0.6) is 0 Å². The molecule has 2 aliphatic rings. The first kappa shape index (κ1) is 8.41. The molecule has 0 aromatic rings. The van der Waals surface area contributed by atoms with Gasteiger partial charge in [-0.3, -0.25) is 4.79 Å². The first-order valence-electron chi connectivity index (χ1n) is 4.11. The molecule has 0 aromatic carbocycles. The van der Waals surface area contributed by atoms with Gasteiger partial charge in [0, 0.05) is 5.57 Å². The number of carbonyl (C=O) groups excluding carboxylic acids is 1. The van der Waals surface area contributed by atoms with E-state index in [4.69, 9.17) is 4.74 Å². The maximum Gasteiger partial charge on any atom is 0.216 e. The predicted octanol–water partition coefficient (Wildman–Crippen LogP) is 0.717. The lowest BCUT2D eigenvalue weighted by Crippen LogP contribution is -2.40. The third-order valence-electron chi connectivity index (χ3n) is 2.27. The summed E-state index contributed by atoms with van der Waals surface area (Å²) in [5, 5.41) is 10.0. The Morgan fingerprint density at radius 3 is 3.08 bits per heavy atom. The summed E-state index contributed by atoms with van der Waals surface area (Å²) < 4.78 is 5.21. The molecule has 3 nitrogen and oxygen atoms in total. The fourth-order valence-corrected chi connectivity index (χ4v) is 1.53. The molecular formula is C10H10O3. The van der Waals surface area contributed by atoms with Crippen LogP contribution in [0.25, 0.3) is 0 Å². The lowest BCUT2D eigenvalue weighted by atomic mass is 9.90. The number of ketones is 1. The van der Waals surface area contributed by atoms with E-state index in [2.05, 4.69) is 0 Å². The van der Waals surface area contributed by atoms with Crippen LogP contribution < -0.4 is 0 Å². The largest absolute Gasteiger partial charge is 0.358 e. The molecule has 0 fully saturated rings. The van der Waals surface area contributed by atoms with Crippen molar-refractivity contribution in [2.24, 2.45) is 0 Å². The van der Waals surface area contributed by atoms with Gasteiger partial charge < -0.3 is 9.84 Å². The van der Waals surface area contributed by atoms with E-state index in [9.17, 15) is 9.90 Å². The fourth-order valence-electron chi connectivity index (χ4n) is 1.53. The molecule has 1 atom stereocenters. The normalized spacial score (nSPS) is 32.3. The Morgan fingerprint density at radius 2 is 2.31 bits per heavy atom. The van der Waals surface area contributed by atoms with Gasteiger partial charge in [0.05, 0.1) is 6.61 Å². The van der Waals surface area contributed by atoms with E-state index < -0.39 is 5.79 Å². The second-order valence-corrected chi connectivity index (χ2v) is 3.19. The zero-order chi connectivity index (χ0) is 9.47. The Bertz CT molecular complexity index is 349. The van der Waals surface area contributed by atoms with Crippen molar-refractivity contribution in [3.63, 3.8) is 0 Å². The Labute approximate surface area is 76.0 Å². The van der Waals surface area contributed by atoms with Crippen molar-refractivity contribution in [3.05, 3.63) is 35.5 Å². The summed E-state index contributed by atoms with van der Waals surface area (Å²) in [7, 11) is 0. The van der Waals surface area contributed by atoms with Crippen molar-refractivity contribution in [2.45, 2.75) is 12.7 Å². The second-order valence-electron chi connectivity index (χ2n) is 3.19. The topological polar surface area (TPSA) is 46.5 Å². The fraction of sp³-hybridized carbons (Fsp3) is 0.300. The molecule has 0 saturated carbocycles. The third-order valence-corrected chi connectivity index (χ3v) is 2.27. The summed E-state index contributed by atoms with van der Waals surface area (Å²) in [6.45, 7) is 2.05. The van der Waals surface area contributed by atoms with Gasteiger partial charge in [-0.2, -0.15) is 0 Å². The maximum atomic E-state index is 11.1. The highest BCUT2D eigenvalue weighted by atomic mass is 16.6. The van der Waals surface area contributed by atoms with E-state index in [1.165, 1.54) is 12.2 Å². The van der Waals surface area contributed by atoms with Crippen molar-refractivity contribution in [1.82, 2.24) is 0 Å². The SMILES string of the molecule is CC1=CC(=O)C=C2C=CCOC12O. The second kappa shape index (κ2) is 2.65. The van der Waals surface area contributed by atoms with E-state index in [1.54, 1.807) is 19.1 Å². The van der Waals surface area contributed by atoms with Crippen molar-refractivity contribution >= 4 is 5.78 Å². The molecular weight excluding hydrogens is 168 g/mol. The molecule has 0 aromatic heterocycles. The summed E-state index contributed by atoms with van der Waals surface area (Å²) in [4.78, 5) is 11.1. The van der Waals surface area contributed by atoms with Gasteiger partial charge >= 0.3 is 0 Å². The van der Waals surface area contributed by atoms with Gasteiger partial charge in [-0.1, -0.05) is 12.2 Å². The molecule has 13 heavy (non-hydrogen) atoms. The van der Waals surface area contributed by atoms with Gasteiger partial charge in [-0.15, -0.1) is 0 Å². The van der Waals surface area contributed by atoms with Gasteiger partial charge in [0.2, 0.25) is 5.79 Å². The van der Waals surface area contributed by atoms with E-state index in [0.29, 0.717) is 17.8 Å². The Kier molecular flexibility index (Phi) is 1.71. The molecule has 1 heterocycles. The molecule has 1 unspecified atom stereocenters. The molecule has 1 aliphatic heterocycles.